The molecule has 2 aliphatic rings. The average molecular weight is 410 g/mol. The third-order valence-electron chi connectivity index (χ3n) is 5.87. The third kappa shape index (κ3) is 3.58. The van der Waals surface area contributed by atoms with Gasteiger partial charge in [-0.05, 0) is 44.6 Å². The van der Waals surface area contributed by atoms with Gasteiger partial charge in [0.25, 0.3) is 0 Å². The Labute approximate surface area is 172 Å². The monoisotopic (exact) mass is 410 g/mol. The van der Waals surface area contributed by atoms with E-state index >= 15 is 0 Å². The van der Waals surface area contributed by atoms with Crippen molar-refractivity contribution in [2.45, 2.75) is 56.7 Å². The number of nitrogens with two attached hydrogens (primary N) is 1. The summed E-state index contributed by atoms with van der Waals surface area (Å²) in [6.45, 7) is 0. The highest BCUT2D eigenvalue weighted by Gasteiger charge is 2.22. The first-order valence-electron chi connectivity index (χ1n) is 10.4. The Hall–Kier alpha value is -3.14. The van der Waals surface area contributed by atoms with Crippen LogP contribution in [0, 0.1) is 0 Å². The van der Waals surface area contributed by atoms with Gasteiger partial charge in [-0.3, -0.25) is 9.56 Å². The molecular formula is C20H26N8O2. The number of nitrogens with zero attached hydrogens (tertiary/aromatic N) is 5. The molecule has 5 rings (SSSR count). The molecule has 2 saturated carbocycles. The maximum atomic E-state index is 11.8. The van der Waals surface area contributed by atoms with Crippen molar-refractivity contribution in [2.24, 2.45) is 17.8 Å². The van der Waals surface area contributed by atoms with Gasteiger partial charge in [-0.2, -0.15) is 9.61 Å². The molecule has 2 fully saturated rings. The number of aromatic hydroxyl groups is 1. The topological polar surface area (TPSA) is 139 Å². The normalized spacial score (nSPS) is 23.4. The molecule has 0 radical (unpaired) electrons. The summed E-state index contributed by atoms with van der Waals surface area (Å²) in [7, 11) is 1.50. The van der Waals surface area contributed by atoms with Gasteiger partial charge in [0.1, 0.15) is 11.5 Å². The van der Waals surface area contributed by atoms with E-state index in [1.807, 2.05) is 6.07 Å². The second-order valence-corrected chi connectivity index (χ2v) is 8.32. The second kappa shape index (κ2) is 7.28. The number of aromatic nitrogens is 5. The SMILES string of the molecule is Cn1c(O)c(C=c2cnn3c(=NC4CC4)cc(NC4CCC(N)CC4)nc23)[nH]c1=O. The van der Waals surface area contributed by atoms with E-state index in [2.05, 4.69) is 15.4 Å². The van der Waals surface area contributed by atoms with E-state index < -0.39 is 0 Å². The number of hydrogen-bond donors (Lipinski definition) is 4. The van der Waals surface area contributed by atoms with Gasteiger partial charge in [-0.15, -0.1) is 0 Å². The lowest BCUT2D eigenvalue weighted by molar-refractivity contribution is 0.410. The van der Waals surface area contributed by atoms with Crippen molar-refractivity contribution in [1.82, 2.24) is 24.1 Å². The van der Waals surface area contributed by atoms with Gasteiger partial charge in [-0.1, -0.05) is 0 Å². The lowest BCUT2D eigenvalue weighted by Gasteiger charge is -2.27. The van der Waals surface area contributed by atoms with Crippen molar-refractivity contribution in [3.05, 3.63) is 39.1 Å². The van der Waals surface area contributed by atoms with Crippen molar-refractivity contribution in [3.63, 3.8) is 0 Å². The van der Waals surface area contributed by atoms with E-state index in [4.69, 9.17) is 15.7 Å². The summed E-state index contributed by atoms with van der Waals surface area (Å²) in [5, 5.41) is 18.9. The number of imidazole rings is 1. The van der Waals surface area contributed by atoms with Crippen molar-refractivity contribution < 1.29 is 5.11 Å². The van der Waals surface area contributed by atoms with Crippen LogP contribution in [0.1, 0.15) is 44.2 Å². The second-order valence-electron chi connectivity index (χ2n) is 8.32. The number of H-pyrrole nitrogens is 1. The first-order valence-corrected chi connectivity index (χ1v) is 10.4. The van der Waals surface area contributed by atoms with Crippen molar-refractivity contribution >= 4 is 17.5 Å². The number of hydrogen-bond acceptors (Lipinski definition) is 7. The molecule has 0 saturated heterocycles. The Morgan fingerprint density at radius 3 is 2.73 bits per heavy atom. The Morgan fingerprint density at radius 1 is 1.30 bits per heavy atom. The summed E-state index contributed by atoms with van der Waals surface area (Å²) in [4.78, 5) is 24.0. The number of aromatic amines is 1. The summed E-state index contributed by atoms with van der Waals surface area (Å²) in [6.07, 6.45) is 9.57. The minimum absolute atomic E-state index is 0.130. The van der Waals surface area contributed by atoms with Crippen LogP contribution in [0.5, 0.6) is 5.88 Å². The predicted octanol–water partition coefficient (Wildman–Crippen LogP) is -0.246. The Morgan fingerprint density at radius 2 is 2.07 bits per heavy atom. The predicted molar refractivity (Wildman–Crippen MR) is 112 cm³/mol. The number of fused-ring (bicyclic) bond motifs is 1. The van der Waals surface area contributed by atoms with Gasteiger partial charge < -0.3 is 21.1 Å². The molecule has 0 aromatic carbocycles. The van der Waals surface area contributed by atoms with Crippen LogP contribution in [-0.2, 0) is 7.05 Å². The van der Waals surface area contributed by atoms with Crippen LogP contribution in [0.2, 0.25) is 0 Å². The molecular weight excluding hydrogens is 384 g/mol. The van der Waals surface area contributed by atoms with Crippen LogP contribution in [0.25, 0.3) is 11.7 Å². The molecule has 3 aromatic rings. The van der Waals surface area contributed by atoms with E-state index in [1.165, 1.54) is 7.05 Å². The Bertz CT molecular complexity index is 1260. The fourth-order valence-electron chi connectivity index (χ4n) is 3.88. The summed E-state index contributed by atoms with van der Waals surface area (Å²) in [5.74, 6) is 0.623. The van der Waals surface area contributed by atoms with E-state index in [9.17, 15) is 9.90 Å². The third-order valence-corrected chi connectivity index (χ3v) is 5.87. The first-order chi connectivity index (χ1) is 14.5. The van der Waals surface area contributed by atoms with Crippen LogP contribution in [0.3, 0.4) is 0 Å². The molecule has 0 aliphatic heterocycles. The van der Waals surface area contributed by atoms with Gasteiger partial charge in [0.15, 0.2) is 11.1 Å². The molecule has 0 unspecified atom stereocenters. The fourth-order valence-corrected chi connectivity index (χ4v) is 3.88. The molecule has 158 valence electrons. The summed E-state index contributed by atoms with van der Waals surface area (Å²) < 4.78 is 2.86. The van der Waals surface area contributed by atoms with Crippen molar-refractivity contribution in [3.8, 4) is 5.88 Å². The molecule has 10 nitrogen and oxygen atoms in total. The summed E-state index contributed by atoms with van der Waals surface area (Å²) >= 11 is 0. The van der Waals surface area contributed by atoms with Crippen LogP contribution >= 0.6 is 0 Å². The minimum Gasteiger partial charge on any atom is -0.493 e. The zero-order chi connectivity index (χ0) is 20.8. The molecule has 3 heterocycles. The fraction of sp³-hybridized carbons (Fsp3) is 0.500. The molecule has 0 amide bonds. The molecule has 30 heavy (non-hydrogen) atoms. The highest BCUT2D eigenvalue weighted by molar-refractivity contribution is 5.58. The van der Waals surface area contributed by atoms with Gasteiger partial charge >= 0.3 is 5.69 Å². The molecule has 5 N–H and O–H groups in total. The minimum atomic E-state index is -0.384. The van der Waals surface area contributed by atoms with Crippen molar-refractivity contribution in [1.29, 1.82) is 0 Å². The lowest BCUT2D eigenvalue weighted by Crippen LogP contribution is -2.33. The highest BCUT2D eigenvalue weighted by atomic mass is 16.3. The first kappa shape index (κ1) is 18.9. The van der Waals surface area contributed by atoms with Crippen LogP contribution < -0.4 is 27.4 Å². The van der Waals surface area contributed by atoms with Gasteiger partial charge in [-0.25, -0.2) is 9.78 Å². The Balaban J connectivity index is 1.60. The Kier molecular flexibility index (Phi) is 4.58. The van der Waals surface area contributed by atoms with Gasteiger partial charge in [0, 0.05) is 30.4 Å². The highest BCUT2D eigenvalue weighted by Crippen LogP contribution is 2.23. The number of nitrogens with one attached hydrogen (secondary N) is 2. The van der Waals surface area contributed by atoms with Gasteiger partial charge in [0.2, 0.25) is 5.88 Å². The zero-order valence-corrected chi connectivity index (χ0v) is 16.9. The van der Waals surface area contributed by atoms with Crippen LogP contribution in [-0.4, -0.2) is 47.4 Å². The number of rotatable bonds is 4. The lowest BCUT2D eigenvalue weighted by atomic mass is 9.92. The quantitative estimate of drug-likeness (QED) is 0.468. The molecule has 10 heteroatoms. The van der Waals surface area contributed by atoms with E-state index in [-0.39, 0.29) is 17.6 Å². The number of anilines is 1. The average Bonchev–Trinajstić information content (AvgIpc) is 3.41. The van der Waals surface area contributed by atoms with Gasteiger partial charge in [0.05, 0.1) is 12.2 Å². The van der Waals surface area contributed by atoms with Crippen LogP contribution in [0.15, 0.2) is 22.1 Å². The van der Waals surface area contributed by atoms with E-state index in [0.29, 0.717) is 28.6 Å². The molecule has 2 aliphatic carbocycles. The van der Waals surface area contributed by atoms with E-state index in [0.717, 1.165) is 54.4 Å². The maximum Gasteiger partial charge on any atom is 0.328 e. The molecule has 3 aromatic heterocycles. The molecule has 0 spiro atoms. The maximum absolute atomic E-state index is 11.8. The molecule has 0 bridgehead atoms. The molecule has 0 atom stereocenters. The zero-order valence-electron chi connectivity index (χ0n) is 16.9. The largest absolute Gasteiger partial charge is 0.493 e. The summed E-state index contributed by atoms with van der Waals surface area (Å²) in [5.41, 5.74) is 7.34. The smallest absolute Gasteiger partial charge is 0.328 e. The standard InChI is InChI=1S/C20H26N8O2/c1-27-19(29)15(25-20(27)30)8-11-10-22-28-17(24-14-6-7-14)9-16(26-18(11)28)23-13-4-2-12(21)3-5-13/h8-10,12-14,23,29H,2-7,21H2,1H3,(H,25,30). The van der Waals surface area contributed by atoms with Crippen molar-refractivity contribution in [2.75, 3.05) is 5.32 Å². The summed E-state index contributed by atoms with van der Waals surface area (Å²) in [6, 6.07) is 2.90. The van der Waals surface area contributed by atoms with Crippen LogP contribution in [0.4, 0.5) is 5.82 Å². The van der Waals surface area contributed by atoms with E-state index in [1.54, 1.807) is 16.8 Å².